The normalized spacial score (nSPS) is 17.3. The van der Waals surface area contributed by atoms with Gasteiger partial charge in [0, 0.05) is 13.2 Å². The van der Waals surface area contributed by atoms with E-state index in [0.29, 0.717) is 26.2 Å². The Bertz CT molecular complexity index is 678. The molecule has 6 nitrogen and oxygen atoms in total. The molecule has 0 aromatic heterocycles. The highest BCUT2D eigenvalue weighted by Crippen LogP contribution is 2.38. The molecule has 1 aliphatic rings. The van der Waals surface area contributed by atoms with Gasteiger partial charge in [0.1, 0.15) is 5.75 Å². The maximum atomic E-state index is 12.5. The van der Waals surface area contributed by atoms with Crippen LogP contribution in [0.5, 0.6) is 5.75 Å². The molecule has 0 fully saturated rings. The Kier molecular flexibility index (Phi) is 6.80. The summed E-state index contributed by atoms with van der Waals surface area (Å²) in [5.74, 6) is -0.564. The average Bonchev–Trinajstić information content (AvgIpc) is 2.84. The molecule has 1 atom stereocenters. The van der Waals surface area contributed by atoms with Gasteiger partial charge in [0.05, 0.1) is 24.3 Å². The number of hydrogen-bond acceptors (Lipinski definition) is 5. The van der Waals surface area contributed by atoms with Crippen LogP contribution in [-0.4, -0.2) is 47.6 Å². The number of amides is 1. The molecular weight excluding hydrogens is 334 g/mol. The first-order chi connectivity index (χ1) is 12.4. The number of aliphatic hydroxyl groups excluding tert-OH is 1. The third kappa shape index (κ3) is 4.43. The predicted molar refractivity (Wildman–Crippen MR) is 98.1 cm³/mol. The number of Topliss-reactive ketones (excluding diaryl/α,β-unsaturated/α-hetero) is 1. The molecule has 26 heavy (non-hydrogen) atoms. The van der Waals surface area contributed by atoms with Crippen molar-refractivity contribution in [1.29, 1.82) is 0 Å². The van der Waals surface area contributed by atoms with E-state index in [2.05, 4.69) is 0 Å². The van der Waals surface area contributed by atoms with E-state index >= 15 is 0 Å². The highest BCUT2D eigenvalue weighted by molar-refractivity contribution is 6.08. The molecule has 1 aliphatic heterocycles. The lowest BCUT2D eigenvalue weighted by Gasteiger charge is -2.27. The van der Waals surface area contributed by atoms with E-state index in [0.717, 1.165) is 11.3 Å². The highest BCUT2D eigenvalue weighted by Gasteiger charge is 2.41. The number of hydrogen-bond donors (Lipinski definition) is 1. The second kappa shape index (κ2) is 8.85. The Morgan fingerprint density at radius 1 is 1.27 bits per heavy atom. The molecule has 1 N–H and O–H groups in total. The van der Waals surface area contributed by atoms with Crippen LogP contribution >= 0.6 is 0 Å². The van der Waals surface area contributed by atoms with Crippen molar-refractivity contribution in [3.63, 3.8) is 0 Å². The Balaban J connectivity index is 2.25. The van der Waals surface area contributed by atoms with Gasteiger partial charge < -0.3 is 19.5 Å². The van der Waals surface area contributed by atoms with Gasteiger partial charge in [0.2, 0.25) is 0 Å². The second-order valence-corrected chi connectivity index (χ2v) is 6.49. The van der Waals surface area contributed by atoms with Crippen molar-refractivity contribution < 1.29 is 24.2 Å². The lowest BCUT2D eigenvalue weighted by Crippen LogP contribution is -2.32. The SMILES string of the molecule is CCOc1ccc(C2C(C(C)=O)=C(O)C(=O)N2CCCOC(C)C)cc1. The minimum Gasteiger partial charge on any atom is -0.503 e. The van der Waals surface area contributed by atoms with Crippen molar-refractivity contribution in [2.45, 2.75) is 46.3 Å². The lowest BCUT2D eigenvalue weighted by molar-refractivity contribution is -0.129. The number of carbonyl (C=O) groups is 2. The predicted octanol–water partition coefficient (Wildman–Crippen LogP) is 3.18. The molecule has 0 saturated heterocycles. The second-order valence-electron chi connectivity index (χ2n) is 6.49. The number of rotatable bonds is 9. The minimum absolute atomic E-state index is 0.116. The summed E-state index contributed by atoms with van der Waals surface area (Å²) >= 11 is 0. The van der Waals surface area contributed by atoms with E-state index in [1.165, 1.54) is 11.8 Å². The number of nitrogens with zero attached hydrogens (tertiary/aromatic N) is 1. The largest absolute Gasteiger partial charge is 0.503 e. The summed E-state index contributed by atoms with van der Waals surface area (Å²) in [6.45, 7) is 8.63. The van der Waals surface area contributed by atoms with Crippen LogP contribution in [0, 0.1) is 0 Å². The Morgan fingerprint density at radius 2 is 1.92 bits per heavy atom. The maximum absolute atomic E-state index is 12.5. The summed E-state index contributed by atoms with van der Waals surface area (Å²) in [7, 11) is 0. The van der Waals surface area contributed by atoms with Gasteiger partial charge in [0.15, 0.2) is 11.5 Å². The molecule has 1 aromatic rings. The molecule has 0 radical (unpaired) electrons. The van der Waals surface area contributed by atoms with Crippen molar-refractivity contribution in [1.82, 2.24) is 4.90 Å². The summed E-state index contributed by atoms with van der Waals surface area (Å²) in [5, 5.41) is 10.2. The molecule has 0 saturated carbocycles. The Hall–Kier alpha value is -2.34. The zero-order valence-electron chi connectivity index (χ0n) is 15.8. The Morgan fingerprint density at radius 3 is 2.46 bits per heavy atom. The number of ether oxygens (including phenoxy) is 2. The molecule has 1 amide bonds. The molecule has 1 aromatic carbocycles. The van der Waals surface area contributed by atoms with Crippen LogP contribution in [0.1, 0.15) is 45.7 Å². The van der Waals surface area contributed by atoms with E-state index in [9.17, 15) is 14.7 Å². The van der Waals surface area contributed by atoms with Gasteiger partial charge in [-0.05, 0) is 51.8 Å². The quantitative estimate of drug-likeness (QED) is 0.684. The molecule has 142 valence electrons. The minimum atomic E-state index is -0.588. The van der Waals surface area contributed by atoms with Gasteiger partial charge in [-0.15, -0.1) is 0 Å². The first kappa shape index (κ1) is 20.0. The van der Waals surface area contributed by atoms with E-state index < -0.39 is 17.7 Å². The number of carbonyl (C=O) groups excluding carboxylic acids is 2. The zero-order chi connectivity index (χ0) is 19.3. The maximum Gasteiger partial charge on any atom is 0.290 e. The molecule has 0 bridgehead atoms. The summed E-state index contributed by atoms with van der Waals surface area (Å²) in [5.41, 5.74) is 0.907. The third-order valence-corrected chi connectivity index (χ3v) is 4.18. The molecule has 1 heterocycles. The van der Waals surface area contributed by atoms with Crippen molar-refractivity contribution >= 4 is 11.7 Å². The third-order valence-electron chi connectivity index (χ3n) is 4.18. The average molecular weight is 361 g/mol. The monoisotopic (exact) mass is 361 g/mol. The molecule has 1 unspecified atom stereocenters. The van der Waals surface area contributed by atoms with Crippen LogP contribution < -0.4 is 4.74 Å². The Labute approximate surface area is 154 Å². The summed E-state index contributed by atoms with van der Waals surface area (Å²) in [6, 6.07) is 6.66. The smallest absolute Gasteiger partial charge is 0.290 e. The van der Waals surface area contributed by atoms with Crippen LogP contribution in [-0.2, 0) is 14.3 Å². The lowest BCUT2D eigenvalue weighted by atomic mass is 9.96. The standard InChI is InChI=1S/C20H27NO5/c1-5-25-16-9-7-15(8-10-16)18-17(14(4)22)19(23)20(24)21(18)11-6-12-26-13(2)3/h7-10,13,18,23H,5-6,11-12H2,1-4H3. The van der Waals surface area contributed by atoms with Gasteiger partial charge in [-0.3, -0.25) is 9.59 Å². The number of ketones is 1. The van der Waals surface area contributed by atoms with Crippen molar-refractivity contribution in [3.05, 3.63) is 41.2 Å². The van der Waals surface area contributed by atoms with Crippen LogP contribution in [0.4, 0.5) is 0 Å². The van der Waals surface area contributed by atoms with Crippen molar-refractivity contribution in [2.75, 3.05) is 19.8 Å². The molecule has 0 aliphatic carbocycles. The van der Waals surface area contributed by atoms with Crippen LogP contribution in [0.15, 0.2) is 35.6 Å². The van der Waals surface area contributed by atoms with E-state index in [1.807, 2.05) is 32.9 Å². The zero-order valence-corrected chi connectivity index (χ0v) is 15.8. The summed E-state index contributed by atoms with van der Waals surface area (Å²) in [4.78, 5) is 26.1. The fourth-order valence-electron chi connectivity index (χ4n) is 3.06. The van der Waals surface area contributed by atoms with Gasteiger partial charge in [-0.25, -0.2) is 0 Å². The van der Waals surface area contributed by atoms with Crippen LogP contribution in [0.3, 0.4) is 0 Å². The van der Waals surface area contributed by atoms with Gasteiger partial charge in [-0.1, -0.05) is 12.1 Å². The molecule has 0 spiro atoms. The number of aliphatic hydroxyl groups is 1. The topological polar surface area (TPSA) is 76.1 Å². The first-order valence-electron chi connectivity index (χ1n) is 8.96. The fraction of sp³-hybridized carbons (Fsp3) is 0.500. The van der Waals surface area contributed by atoms with E-state index in [-0.39, 0.29) is 17.5 Å². The van der Waals surface area contributed by atoms with Crippen LogP contribution in [0.25, 0.3) is 0 Å². The van der Waals surface area contributed by atoms with Crippen molar-refractivity contribution in [3.8, 4) is 5.75 Å². The van der Waals surface area contributed by atoms with Gasteiger partial charge >= 0.3 is 0 Å². The van der Waals surface area contributed by atoms with Crippen LogP contribution in [0.2, 0.25) is 0 Å². The molecular formula is C20H27NO5. The van der Waals surface area contributed by atoms with Gasteiger partial charge in [-0.2, -0.15) is 0 Å². The molecule has 6 heteroatoms. The van der Waals surface area contributed by atoms with E-state index in [1.54, 1.807) is 12.1 Å². The van der Waals surface area contributed by atoms with Crippen molar-refractivity contribution in [2.24, 2.45) is 0 Å². The summed E-state index contributed by atoms with van der Waals surface area (Å²) < 4.78 is 11.0. The van der Waals surface area contributed by atoms with E-state index in [4.69, 9.17) is 9.47 Å². The number of benzene rings is 1. The molecule has 2 rings (SSSR count). The van der Waals surface area contributed by atoms with Gasteiger partial charge in [0.25, 0.3) is 5.91 Å². The first-order valence-corrected chi connectivity index (χ1v) is 8.96. The fourth-order valence-corrected chi connectivity index (χ4v) is 3.06. The highest BCUT2D eigenvalue weighted by atomic mass is 16.5. The summed E-state index contributed by atoms with van der Waals surface area (Å²) in [6.07, 6.45) is 0.737.